The first kappa shape index (κ1) is 18.6. The van der Waals surface area contributed by atoms with Crippen LogP contribution in [0.3, 0.4) is 0 Å². The number of nitrogen functional groups attached to an aromatic ring is 1. The Balaban J connectivity index is 1.68. The molecule has 2 heterocycles. The lowest BCUT2D eigenvalue weighted by Crippen LogP contribution is -2.19. The summed E-state index contributed by atoms with van der Waals surface area (Å²) in [6.07, 6.45) is 3.99. The first-order valence-corrected chi connectivity index (χ1v) is 8.75. The molecule has 27 heavy (non-hydrogen) atoms. The van der Waals surface area contributed by atoms with Gasteiger partial charge in [0.25, 0.3) is 5.91 Å². The fourth-order valence-electron chi connectivity index (χ4n) is 2.45. The van der Waals surface area contributed by atoms with Gasteiger partial charge in [-0.1, -0.05) is 41.9 Å². The van der Waals surface area contributed by atoms with E-state index in [1.165, 1.54) is 5.56 Å². The number of nitrogens with two attached hydrogens (primary N) is 1. The van der Waals surface area contributed by atoms with Gasteiger partial charge in [0.1, 0.15) is 0 Å². The van der Waals surface area contributed by atoms with Crippen molar-refractivity contribution in [2.45, 2.75) is 13.3 Å². The molecule has 0 saturated carbocycles. The van der Waals surface area contributed by atoms with Crippen LogP contribution in [0.15, 0.2) is 48.8 Å². The van der Waals surface area contributed by atoms with E-state index in [0.717, 1.165) is 12.0 Å². The van der Waals surface area contributed by atoms with Gasteiger partial charge in [-0.15, -0.1) is 0 Å². The third-order valence-electron chi connectivity index (χ3n) is 3.93. The Bertz CT molecular complexity index is 948. The molecule has 0 atom stereocenters. The molecule has 2 aromatic heterocycles. The quantitative estimate of drug-likeness (QED) is 0.603. The van der Waals surface area contributed by atoms with Gasteiger partial charge in [0, 0.05) is 12.7 Å². The summed E-state index contributed by atoms with van der Waals surface area (Å²) in [6.45, 7) is 2.47. The van der Waals surface area contributed by atoms with E-state index in [1.807, 2.05) is 37.3 Å². The van der Waals surface area contributed by atoms with Crippen molar-refractivity contribution in [2.24, 2.45) is 0 Å². The average molecular weight is 383 g/mol. The summed E-state index contributed by atoms with van der Waals surface area (Å²) in [4.78, 5) is 24.7. The molecule has 0 spiro atoms. The van der Waals surface area contributed by atoms with Crippen molar-refractivity contribution in [3.63, 3.8) is 0 Å². The van der Waals surface area contributed by atoms with Gasteiger partial charge in [-0.2, -0.15) is 0 Å². The molecule has 3 aromatic rings. The van der Waals surface area contributed by atoms with E-state index < -0.39 is 5.91 Å². The summed E-state index contributed by atoms with van der Waals surface area (Å²) in [6, 6.07) is 11.8. The fourth-order valence-corrected chi connectivity index (χ4v) is 2.65. The minimum atomic E-state index is -0.492. The van der Waals surface area contributed by atoms with Crippen LogP contribution in [0.2, 0.25) is 5.15 Å². The molecule has 0 aliphatic rings. The summed E-state index contributed by atoms with van der Waals surface area (Å²) in [7, 11) is 0. The Labute approximate surface area is 162 Å². The summed E-state index contributed by atoms with van der Waals surface area (Å²) in [5.74, 6) is -0.145. The Morgan fingerprint density at radius 2 is 1.96 bits per heavy atom. The molecule has 0 aliphatic heterocycles. The van der Waals surface area contributed by atoms with Crippen LogP contribution >= 0.6 is 11.6 Å². The van der Waals surface area contributed by atoms with Crippen LogP contribution in [0.5, 0.6) is 0 Å². The largest absolute Gasteiger partial charge is 0.382 e. The van der Waals surface area contributed by atoms with E-state index >= 15 is 0 Å². The second-order valence-electron chi connectivity index (χ2n) is 5.90. The van der Waals surface area contributed by atoms with E-state index in [4.69, 9.17) is 17.3 Å². The molecule has 7 nitrogen and oxygen atoms in total. The van der Waals surface area contributed by atoms with E-state index in [9.17, 15) is 4.79 Å². The third kappa shape index (κ3) is 4.71. The number of anilines is 3. The molecule has 0 saturated heterocycles. The molecule has 1 amide bonds. The highest BCUT2D eigenvalue weighted by atomic mass is 35.5. The van der Waals surface area contributed by atoms with E-state index in [-0.39, 0.29) is 16.7 Å². The molecule has 0 bridgehead atoms. The highest BCUT2D eigenvalue weighted by Crippen LogP contribution is 2.22. The van der Waals surface area contributed by atoms with E-state index in [2.05, 4.69) is 25.6 Å². The summed E-state index contributed by atoms with van der Waals surface area (Å²) >= 11 is 6.18. The molecule has 0 aliphatic carbocycles. The summed E-state index contributed by atoms with van der Waals surface area (Å²) in [5, 5.41) is 5.90. The number of hydrogen-bond donors (Lipinski definition) is 3. The number of rotatable bonds is 6. The number of carbonyl (C=O) groups is 1. The molecular weight excluding hydrogens is 364 g/mol. The highest BCUT2D eigenvalue weighted by Gasteiger charge is 2.17. The zero-order valence-electron chi connectivity index (χ0n) is 14.7. The minimum Gasteiger partial charge on any atom is -0.382 e. The monoisotopic (exact) mass is 382 g/mol. The Hall–Kier alpha value is -3.19. The lowest BCUT2D eigenvalue weighted by Gasteiger charge is -2.11. The van der Waals surface area contributed by atoms with Crippen molar-refractivity contribution >= 4 is 34.8 Å². The first-order valence-electron chi connectivity index (χ1n) is 8.37. The standard InChI is InChI=1S/C19H19ClN6O/c1-12-7-9-22-11-14(12)24-19(27)15-17(21)26-18(16(20)25-15)23-10-8-13-5-3-2-4-6-13/h2-7,9,11H,8,10H2,1H3,(H,24,27)(H3,21,23,26). The Morgan fingerprint density at radius 3 is 2.70 bits per heavy atom. The Kier molecular flexibility index (Phi) is 5.83. The molecule has 4 N–H and O–H groups in total. The first-order chi connectivity index (χ1) is 13.0. The van der Waals surface area contributed by atoms with Crippen LogP contribution in [0.1, 0.15) is 21.6 Å². The van der Waals surface area contributed by atoms with Gasteiger partial charge in [0.05, 0.1) is 11.9 Å². The third-order valence-corrected chi connectivity index (χ3v) is 4.20. The van der Waals surface area contributed by atoms with Gasteiger partial charge < -0.3 is 16.4 Å². The van der Waals surface area contributed by atoms with Crippen molar-refractivity contribution < 1.29 is 4.79 Å². The van der Waals surface area contributed by atoms with Crippen LogP contribution in [-0.2, 0) is 6.42 Å². The number of amides is 1. The maximum atomic E-state index is 12.4. The number of pyridine rings is 1. The van der Waals surface area contributed by atoms with Crippen molar-refractivity contribution in [3.05, 3.63) is 70.8 Å². The van der Waals surface area contributed by atoms with Gasteiger partial charge in [-0.05, 0) is 30.5 Å². The predicted molar refractivity (Wildman–Crippen MR) is 107 cm³/mol. The number of halogens is 1. The van der Waals surface area contributed by atoms with Crippen molar-refractivity contribution in [1.82, 2.24) is 15.0 Å². The zero-order chi connectivity index (χ0) is 19.2. The number of nitrogens with one attached hydrogen (secondary N) is 2. The van der Waals surface area contributed by atoms with E-state index in [0.29, 0.717) is 18.1 Å². The maximum absolute atomic E-state index is 12.4. The number of aromatic nitrogens is 3. The highest BCUT2D eigenvalue weighted by molar-refractivity contribution is 6.32. The van der Waals surface area contributed by atoms with Crippen LogP contribution in [-0.4, -0.2) is 27.4 Å². The smallest absolute Gasteiger partial charge is 0.278 e. The molecule has 0 fully saturated rings. The molecule has 0 radical (unpaired) electrons. The van der Waals surface area contributed by atoms with Crippen molar-refractivity contribution in [1.29, 1.82) is 0 Å². The molecule has 0 unspecified atom stereocenters. The number of nitrogens with zero attached hydrogens (tertiary/aromatic N) is 3. The molecule has 3 rings (SSSR count). The average Bonchev–Trinajstić information content (AvgIpc) is 2.67. The van der Waals surface area contributed by atoms with Crippen molar-refractivity contribution in [3.8, 4) is 0 Å². The molecule has 138 valence electrons. The van der Waals surface area contributed by atoms with Gasteiger partial charge in [-0.3, -0.25) is 9.78 Å². The number of aryl methyl sites for hydroxylation is 1. The van der Waals surface area contributed by atoms with Crippen molar-refractivity contribution in [2.75, 3.05) is 22.9 Å². The number of hydrogen-bond acceptors (Lipinski definition) is 6. The lowest BCUT2D eigenvalue weighted by atomic mass is 10.1. The minimum absolute atomic E-state index is 0.000606. The molecular formula is C19H19ClN6O. The maximum Gasteiger partial charge on any atom is 0.278 e. The summed E-state index contributed by atoms with van der Waals surface area (Å²) in [5.41, 5.74) is 8.52. The number of benzene rings is 1. The normalized spacial score (nSPS) is 10.4. The Morgan fingerprint density at radius 1 is 1.19 bits per heavy atom. The second kappa shape index (κ2) is 8.46. The number of carbonyl (C=O) groups excluding carboxylic acids is 1. The van der Waals surface area contributed by atoms with Crippen LogP contribution in [0, 0.1) is 6.92 Å². The van der Waals surface area contributed by atoms with Crippen LogP contribution in [0.4, 0.5) is 17.3 Å². The fraction of sp³-hybridized carbons (Fsp3) is 0.158. The van der Waals surface area contributed by atoms with Crippen LogP contribution in [0.25, 0.3) is 0 Å². The summed E-state index contributed by atoms with van der Waals surface area (Å²) < 4.78 is 0. The predicted octanol–water partition coefficient (Wildman–Crippen LogP) is 3.32. The zero-order valence-corrected chi connectivity index (χ0v) is 15.5. The van der Waals surface area contributed by atoms with Crippen LogP contribution < -0.4 is 16.4 Å². The molecule has 1 aromatic carbocycles. The molecule has 8 heteroatoms. The SMILES string of the molecule is Cc1ccncc1NC(=O)c1nc(Cl)c(NCCc2ccccc2)nc1N. The van der Waals surface area contributed by atoms with E-state index in [1.54, 1.807) is 18.5 Å². The van der Waals surface area contributed by atoms with Gasteiger partial charge in [0.15, 0.2) is 22.5 Å². The van der Waals surface area contributed by atoms with Gasteiger partial charge in [0.2, 0.25) is 0 Å². The lowest BCUT2D eigenvalue weighted by molar-refractivity contribution is 0.102. The van der Waals surface area contributed by atoms with Gasteiger partial charge >= 0.3 is 0 Å². The van der Waals surface area contributed by atoms with Gasteiger partial charge in [-0.25, -0.2) is 9.97 Å². The second-order valence-corrected chi connectivity index (χ2v) is 6.26. The topological polar surface area (TPSA) is 106 Å².